The van der Waals surface area contributed by atoms with Crippen molar-refractivity contribution >= 4 is 46.4 Å². The minimum atomic E-state index is 0.167. The Balaban J connectivity index is 1.76. The van der Waals surface area contributed by atoms with E-state index >= 15 is 0 Å². The Labute approximate surface area is 160 Å². The van der Waals surface area contributed by atoms with Gasteiger partial charge >= 0.3 is 0 Å². The largest absolute Gasteiger partial charge is 0.479 e. The maximum atomic E-state index is 5.97. The van der Waals surface area contributed by atoms with Gasteiger partial charge in [0, 0.05) is 10.0 Å². The molecule has 122 valence electrons. The fraction of sp³-hybridized carbons (Fsp3) is 0.111. The summed E-state index contributed by atoms with van der Waals surface area (Å²) in [5.41, 5.74) is 0. The van der Waals surface area contributed by atoms with Crippen molar-refractivity contribution in [1.29, 1.82) is 0 Å². The highest BCUT2D eigenvalue weighted by atomic mass is 35.5. The molecule has 0 N–H and O–H groups in total. The Morgan fingerprint density at radius 1 is 0.667 bits per heavy atom. The molecule has 0 aliphatic heterocycles. The van der Waals surface area contributed by atoms with Crippen molar-refractivity contribution in [2.24, 2.45) is 0 Å². The number of halogens is 4. The fourth-order valence-electron chi connectivity index (χ4n) is 1.57. The van der Waals surface area contributed by atoms with Crippen LogP contribution in [0.4, 0.5) is 0 Å². The second kappa shape index (κ2) is 9.58. The van der Waals surface area contributed by atoms with Gasteiger partial charge in [-0.1, -0.05) is 46.4 Å². The van der Waals surface area contributed by atoms with E-state index in [4.69, 9.17) is 55.9 Å². The standard InChI is InChI=1S/C18H10Cl4O2/c19-13-5-7-17(15(21)11-13)23-9-3-1-2-4-10-24-18-8-6-14(20)12-16(18)22/h5-8,11-12H,9-10H2. The van der Waals surface area contributed by atoms with Crippen LogP contribution in [0.1, 0.15) is 0 Å². The van der Waals surface area contributed by atoms with Crippen LogP contribution in [0.5, 0.6) is 11.5 Å². The molecule has 2 aromatic rings. The van der Waals surface area contributed by atoms with Gasteiger partial charge in [-0.25, -0.2) is 0 Å². The number of rotatable bonds is 4. The maximum absolute atomic E-state index is 5.97. The minimum Gasteiger partial charge on any atom is -0.479 e. The number of ether oxygens (including phenoxy) is 2. The Kier molecular flexibility index (Phi) is 7.44. The molecular formula is C18H10Cl4O2. The molecule has 2 aromatic carbocycles. The molecule has 0 unspecified atom stereocenters. The SMILES string of the molecule is Clc1ccc(OCC#CC#CCOc2ccc(Cl)cc2Cl)c(Cl)c1. The van der Waals surface area contributed by atoms with Gasteiger partial charge in [-0.3, -0.25) is 0 Å². The van der Waals surface area contributed by atoms with Gasteiger partial charge in [-0.15, -0.1) is 0 Å². The van der Waals surface area contributed by atoms with E-state index in [0.717, 1.165) is 0 Å². The summed E-state index contributed by atoms with van der Waals surface area (Å²) in [6.45, 7) is 0.333. The highest BCUT2D eigenvalue weighted by molar-refractivity contribution is 6.36. The summed E-state index contributed by atoms with van der Waals surface area (Å²) in [4.78, 5) is 0. The molecular weight excluding hydrogens is 390 g/mol. The highest BCUT2D eigenvalue weighted by Gasteiger charge is 2.01. The number of hydrogen-bond donors (Lipinski definition) is 0. The van der Waals surface area contributed by atoms with E-state index in [1.165, 1.54) is 0 Å². The molecule has 6 heteroatoms. The zero-order chi connectivity index (χ0) is 17.4. The summed E-state index contributed by atoms with van der Waals surface area (Å²) >= 11 is 23.5. The van der Waals surface area contributed by atoms with Crippen molar-refractivity contribution in [3.05, 3.63) is 56.5 Å². The van der Waals surface area contributed by atoms with E-state index in [1.807, 2.05) is 0 Å². The average Bonchev–Trinajstić information content (AvgIpc) is 2.53. The van der Waals surface area contributed by atoms with Crippen molar-refractivity contribution in [2.45, 2.75) is 0 Å². The molecule has 0 radical (unpaired) electrons. The Morgan fingerprint density at radius 3 is 1.46 bits per heavy atom. The predicted octanol–water partition coefficient (Wildman–Crippen LogP) is 5.76. The first-order valence-corrected chi connectivity index (χ1v) is 8.19. The quantitative estimate of drug-likeness (QED) is 0.608. The third kappa shape index (κ3) is 6.08. The summed E-state index contributed by atoms with van der Waals surface area (Å²) in [7, 11) is 0. The van der Waals surface area contributed by atoms with Crippen LogP contribution >= 0.6 is 46.4 Å². The highest BCUT2D eigenvalue weighted by Crippen LogP contribution is 2.28. The van der Waals surface area contributed by atoms with Crippen LogP contribution in [0.3, 0.4) is 0 Å². The van der Waals surface area contributed by atoms with Crippen LogP contribution in [-0.4, -0.2) is 13.2 Å². The first-order valence-electron chi connectivity index (χ1n) is 6.67. The van der Waals surface area contributed by atoms with E-state index in [-0.39, 0.29) is 13.2 Å². The van der Waals surface area contributed by atoms with E-state index in [9.17, 15) is 0 Å². The Hall–Kier alpha value is -1.68. The van der Waals surface area contributed by atoms with E-state index in [2.05, 4.69) is 23.7 Å². The lowest BCUT2D eigenvalue weighted by molar-refractivity contribution is 0.370. The molecule has 0 bridgehead atoms. The first kappa shape index (κ1) is 18.7. The predicted molar refractivity (Wildman–Crippen MR) is 99.5 cm³/mol. The zero-order valence-electron chi connectivity index (χ0n) is 12.2. The lowest BCUT2D eigenvalue weighted by Gasteiger charge is -2.04. The van der Waals surface area contributed by atoms with Gasteiger partial charge in [0.15, 0.2) is 0 Å². The molecule has 0 amide bonds. The molecule has 0 fully saturated rings. The zero-order valence-corrected chi connectivity index (χ0v) is 15.2. The topological polar surface area (TPSA) is 18.5 Å². The van der Waals surface area contributed by atoms with Crippen molar-refractivity contribution < 1.29 is 9.47 Å². The third-order valence-corrected chi connectivity index (χ3v) is 3.69. The fourth-order valence-corrected chi connectivity index (χ4v) is 2.50. The maximum Gasteiger partial charge on any atom is 0.150 e. The van der Waals surface area contributed by atoms with Crippen molar-refractivity contribution in [3.63, 3.8) is 0 Å². The molecule has 24 heavy (non-hydrogen) atoms. The van der Waals surface area contributed by atoms with Gasteiger partial charge in [0.25, 0.3) is 0 Å². The minimum absolute atomic E-state index is 0.167. The Bertz CT molecular complexity index is 770. The van der Waals surface area contributed by atoms with E-state index in [0.29, 0.717) is 31.6 Å². The Morgan fingerprint density at radius 2 is 1.08 bits per heavy atom. The summed E-state index contributed by atoms with van der Waals surface area (Å²) in [6.07, 6.45) is 0. The van der Waals surface area contributed by atoms with Crippen LogP contribution in [0.15, 0.2) is 36.4 Å². The van der Waals surface area contributed by atoms with Crippen molar-refractivity contribution in [2.75, 3.05) is 13.2 Å². The number of benzene rings is 2. The summed E-state index contributed by atoms with van der Waals surface area (Å²) in [5.74, 6) is 11.9. The molecule has 2 rings (SSSR count). The second-order valence-corrected chi connectivity index (χ2v) is 6.02. The summed E-state index contributed by atoms with van der Waals surface area (Å²) in [5, 5.41) is 1.96. The number of hydrogen-bond acceptors (Lipinski definition) is 2. The molecule has 0 heterocycles. The van der Waals surface area contributed by atoms with Gasteiger partial charge in [0.2, 0.25) is 0 Å². The smallest absolute Gasteiger partial charge is 0.150 e. The van der Waals surface area contributed by atoms with Crippen molar-refractivity contribution in [1.82, 2.24) is 0 Å². The molecule has 0 spiro atoms. The molecule has 2 nitrogen and oxygen atoms in total. The molecule has 0 saturated carbocycles. The first-order chi connectivity index (χ1) is 11.6. The monoisotopic (exact) mass is 398 g/mol. The lowest BCUT2D eigenvalue weighted by Crippen LogP contribution is -1.95. The van der Waals surface area contributed by atoms with E-state index in [1.54, 1.807) is 36.4 Å². The van der Waals surface area contributed by atoms with Gasteiger partial charge in [-0.05, 0) is 60.1 Å². The molecule has 0 aromatic heterocycles. The van der Waals surface area contributed by atoms with E-state index < -0.39 is 0 Å². The van der Waals surface area contributed by atoms with Crippen LogP contribution in [0, 0.1) is 23.7 Å². The van der Waals surface area contributed by atoms with Crippen LogP contribution in [0.25, 0.3) is 0 Å². The van der Waals surface area contributed by atoms with Crippen LogP contribution in [0.2, 0.25) is 20.1 Å². The van der Waals surface area contributed by atoms with Crippen LogP contribution < -0.4 is 9.47 Å². The van der Waals surface area contributed by atoms with Gasteiger partial charge in [-0.2, -0.15) is 0 Å². The normalized spacial score (nSPS) is 9.33. The van der Waals surface area contributed by atoms with Gasteiger partial charge < -0.3 is 9.47 Å². The summed E-state index contributed by atoms with van der Waals surface area (Å²) < 4.78 is 10.8. The molecule has 0 aliphatic rings. The van der Waals surface area contributed by atoms with Crippen molar-refractivity contribution in [3.8, 4) is 35.2 Å². The van der Waals surface area contributed by atoms with Gasteiger partial charge in [0.1, 0.15) is 24.7 Å². The molecule has 0 aliphatic carbocycles. The third-order valence-electron chi connectivity index (χ3n) is 2.63. The van der Waals surface area contributed by atoms with Crippen LogP contribution in [-0.2, 0) is 0 Å². The lowest BCUT2D eigenvalue weighted by atomic mass is 10.3. The van der Waals surface area contributed by atoms with Gasteiger partial charge in [0.05, 0.1) is 10.0 Å². The average molecular weight is 400 g/mol. The second-order valence-electron chi connectivity index (χ2n) is 4.33. The summed E-state index contributed by atoms with van der Waals surface area (Å²) in [6, 6.07) is 9.95. The molecule has 0 saturated heterocycles. The molecule has 0 atom stereocenters.